The van der Waals surface area contributed by atoms with Crippen LogP contribution in [0.15, 0.2) is 59.4 Å². The fourth-order valence-electron chi connectivity index (χ4n) is 5.69. The van der Waals surface area contributed by atoms with Gasteiger partial charge in [-0.1, -0.05) is 42.5 Å². The van der Waals surface area contributed by atoms with Gasteiger partial charge in [-0.3, -0.25) is 4.79 Å². The third kappa shape index (κ3) is 5.85. The number of hydrogen-bond donors (Lipinski definition) is 2. The number of benzene rings is 2. The predicted molar refractivity (Wildman–Crippen MR) is 141 cm³/mol. The first kappa shape index (κ1) is 24.7. The molecule has 3 heterocycles. The summed E-state index contributed by atoms with van der Waals surface area (Å²) in [4.78, 5) is 22.0. The Bertz CT molecular complexity index is 1170. The molecule has 2 aromatic carbocycles. The fraction of sp³-hybridized carbons (Fsp3) is 0.483. The molecule has 2 fully saturated rings. The molecule has 0 saturated carbocycles. The second kappa shape index (κ2) is 11.8. The van der Waals surface area contributed by atoms with Crippen LogP contribution in [0.1, 0.15) is 55.7 Å². The zero-order valence-corrected chi connectivity index (χ0v) is 21.4. The average molecular weight is 490 g/mol. The first-order valence-electron chi connectivity index (χ1n) is 13.6. The highest BCUT2D eigenvalue weighted by molar-refractivity contribution is 5.54. The molecular weight excluding hydrogens is 450 g/mol. The van der Waals surface area contributed by atoms with Gasteiger partial charge in [-0.05, 0) is 56.2 Å². The van der Waals surface area contributed by atoms with E-state index in [0.717, 1.165) is 49.6 Å². The molecule has 2 saturated heterocycles. The van der Waals surface area contributed by atoms with Gasteiger partial charge in [-0.2, -0.15) is 4.68 Å². The molecule has 1 aromatic heterocycles. The lowest BCUT2D eigenvalue weighted by molar-refractivity contribution is -0.928. The minimum absolute atomic E-state index is 0.0509. The van der Waals surface area contributed by atoms with Crippen molar-refractivity contribution in [1.82, 2.24) is 14.8 Å². The molecular formula is C29H39N5O2+2. The van der Waals surface area contributed by atoms with Crippen molar-refractivity contribution in [2.24, 2.45) is 0 Å². The molecule has 190 valence electrons. The van der Waals surface area contributed by atoms with Crippen LogP contribution in [0.25, 0.3) is 11.4 Å². The van der Waals surface area contributed by atoms with Gasteiger partial charge < -0.3 is 14.5 Å². The number of methoxy groups -OCH3 is 1. The van der Waals surface area contributed by atoms with Crippen LogP contribution < -0.4 is 20.1 Å². The number of nitrogens with zero attached hydrogens (tertiary/aromatic N) is 3. The van der Waals surface area contributed by atoms with Crippen LogP contribution in [-0.4, -0.2) is 54.6 Å². The third-order valence-corrected chi connectivity index (χ3v) is 7.76. The van der Waals surface area contributed by atoms with E-state index in [2.05, 4.69) is 12.1 Å². The summed E-state index contributed by atoms with van der Waals surface area (Å²) in [5.41, 5.74) is 2.62. The summed E-state index contributed by atoms with van der Waals surface area (Å²) in [5.74, 6) is 1.36. The van der Waals surface area contributed by atoms with Crippen LogP contribution in [0.3, 0.4) is 0 Å². The fourth-order valence-corrected chi connectivity index (χ4v) is 5.69. The maximum Gasteiger partial charge on any atom is 0.294 e. The van der Waals surface area contributed by atoms with E-state index in [9.17, 15) is 4.79 Å². The second-order valence-corrected chi connectivity index (χ2v) is 10.3. The van der Waals surface area contributed by atoms with Crippen molar-refractivity contribution in [2.75, 3.05) is 39.8 Å². The lowest BCUT2D eigenvalue weighted by Crippen LogP contribution is -3.13. The minimum Gasteiger partial charge on any atom is -0.497 e. The lowest BCUT2D eigenvalue weighted by Gasteiger charge is -2.28. The standard InChI is InChI=1S/C29H37N5O2/c1-36-25-15-13-23(14-16-25)26(21-32-17-7-3-8-18-32)27-29(35)34(22-33-19-9-4-10-20-33)31-28(30-27)24-11-5-2-6-12-24/h2,5-6,11-16,26H,3-4,7-10,17-22H2,1H3/p+2/t26-/m1/s1. The van der Waals surface area contributed by atoms with Crippen LogP contribution >= 0.6 is 0 Å². The van der Waals surface area contributed by atoms with Gasteiger partial charge in [0.05, 0.1) is 45.8 Å². The number of piperidine rings is 2. The Kier molecular flexibility index (Phi) is 8.08. The quantitative estimate of drug-likeness (QED) is 0.504. The van der Waals surface area contributed by atoms with Crippen LogP contribution in [0.5, 0.6) is 5.75 Å². The molecule has 36 heavy (non-hydrogen) atoms. The molecule has 3 aromatic rings. The first-order chi connectivity index (χ1) is 17.7. The molecule has 0 radical (unpaired) electrons. The monoisotopic (exact) mass is 489 g/mol. The molecule has 0 spiro atoms. The molecule has 0 aliphatic carbocycles. The largest absolute Gasteiger partial charge is 0.497 e. The Hall–Kier alpha value is -3.03. The summed E-state index contributed by atoms with van der Waals surface area (Å²) in [5, 5.41) is 4.79. The van der Waals surface area contributed by atoms with Gasteiger partial charge >= 0.3 is 0 Å². The van der Waals surface area contributed by atoms with Crippen molar-refractivity contribution in [2.45, 2.75) is 51.1 Å². The molecule has 2 N–H and O–H groups in total. The smallest absolute Gasteiger partial charge is 0.294 e. The van der Waals surface area contributed by atoms with Crippen molar-refractivity contribution in [3.63, 3.8) is 0 Å². The maximum absolute atomic E-state index is 14.0. The van der Waals surface area contributed by atoms with E-state index in [4.69, 9.17) is 14.8 Å². The van der Waals surface area contributed by atoms with Gasteiger partial charge in [-0.15, -0.1) is 5.10 Å². The third-order valence-electron chi connectivity index (χ3n) is 7.76. The van der Waals surface area contributed by atoms with E-state index in [1.54, 1.807) is 16.7 Å². The molecule has 0 unspecified atom stereocenters. The summed E-state index contributed by atoms with van der Waals surface area (Å²) < 4.78 is 7.11. The molecule has 2 aliphatic rings. The van der Waals surface area contributed by atoms with Crippen molar-refractivity contribution in [1.29, 1.82) is 0 Å². The van der Waals surface area contributed by atoms with Crippen molar-refractivity contribution >= 4 is 0 Å². The molecule has 5 rings (SSSR count). The molecule has 0 bridgehead atoms. The second-order valence-electron chi connectivity index (χ2n) is 10.3. The Morgan fingerprint density at radius 1 is 0.861 bits per heavy atom. The molecule has 7 nitrogen and oxygen atoms in total. The summed E-state index contributed by atoms with van der Waals surface area (Å²) >= 11 is 0. The van der Waals surface area contributed by atoms with Crippen molar-refractivity contribution in [3.8, 4) is 17.1 Å². The highest BCUT2D eigenvalue weighted by atomic mass is 16.5. The van der Waals surface area contributed by atoms with E-state index in [1.165, 1.54) is 43.4 Å². The van der Waals surface area contributed by atoms with Gasteiger partial charge in [0.2, 0.25) is 0 Å². The number of rotatable bonds is 8. The highest BCUT2D eigenvalue weighted by Crippen LogP contribution is 2.24. The van der Waals surface area contributed by atoms with E-state index < -0.39 is 0 Å². The number of quaternary nitrogens is 2. The Balaban J connectivity index is 1.59. The Labute approximate surface area is 213 Å². The van der Waals surface area contributed by atoms with Crippen LogP contribution in [-0.2, 0) is 6.67 Å². The van der Waals surface area contributed by atoms with Crippen LogP contribution in [0, 0.1) is 0 Å². The van der Waals surface area contributed by atoms with E-state index >= 15 is 0 Å². The predicted octanol–water partition coefficient (Wildman–Crippen LogP) is 1.54. The normalized spacial score (nSPS) is 18.1. The first-order valence-corrected chi connectivity index (χ1v) is 13.6. The molecule has 7 heteroatoms. The molecule has 2 aliphatic heterocycles. The van der Waals surface area contributed by atoms with Gasteiger partial charge in [0.15, 0.2) is 12.5 Å². The topological polar surface area (TPSA) is 65.9 Å². The Morgan fingerprint density at radius 3 is 2.14 bits per heavy atom. The van der Waals surface area contributed by atoms with E-state index in [-0.39, 0.29) is 11.5 Å². The molecule has 0 amide bonds. The summed E-state index contributed by atoms with van der Waals surface area (Å²) in [6.45, 7) is 5.94. The summed E-state index contributed by atoms with van der Waals surface area (Å²) in [6, 6.07) is 18.2. The van der Waals surface area contributed by atoms with Gasteiger partial charge in [0.1, 0.15) is 11.4 Å². The number of hydrogen-bond acceptors (Lipinski definition) is 4. The van der Waals surface area contributed by atoms with E-state index in [0.29, 0.717) is 18.2 Å². The maximum atomic E-state index is 14.0. The summed E-state index contributed by atoms with van der Waals surface area (Å²) in [7, 11) is 1.68. The average Bonchev–Trinajstić information content (AvgIpc) is 2.95. The summed E-state index contributed by atoms with van der Waals surface area (Å²) in [6.07, 6.45) is 7.48. The van der Waals surface area contributed by atoms with Gasteiger partial charge in [0, 0.05) is 5.56 Å². The zero-order chi connectivity index (χ0) is 24.7. The van der Waals surface area contributed by atoms with E-state index in [1.807, 2.05) is 42.5 Å². The van der Waals surface area contributed by atoms with Crippen molar-refractivity contribution in [3.05, 3.63) is 76.2 Å². The number of aromatic nitrogens is 3. The van der Waals surface area contributed by atoms with Crippen LogP contribution in [0.4, 0.5) is 0 Å². The van der Waals surface area contributed by atoms with Crippen molar-refractivity contribution < 1.29 is 14.5 Å². The van der Waals surface area contributed by atoms with Gasteiger partial charge in [-0.25, -0.2) is 4.98 Å². The lowest BCUT2D eigenvalue weighted by atomic mass is 9.94. The van der Waals surface area contributed by atoms with Crippen LogP contribution in [0.2, 0.25) is 0 Å². The number of ether oxygens (including phenoxy) is 1. The SMILES string of the molecule is COc1ccc([C@@H](C[NH+]2CCCCC2)c2nc(-c3ccccc3)nn(C[NH+]3CCCCC3)c2=O)cc1. The minimum atomic E-state index is -0.0930. The van der Waals surface area contributed by atoms with Gasteiger partial charge in [0.25, 0.3) is 5.56 Å². The zero-order valence-electron chi connectivity index (χ0n) is 21.4. The number of nitrogens with one attached hydrogen (secondary N) is 2. The molecule has 1 atom stereocenters. The Morgan fingerprint density at radius 2 is 1.50 bits per heavy atom. The number of likely N-dealkylation sites (tertiary alicyclic amines) is 2. The highest BCUT2D eigenvalue weighted by Gasteiger charge is 2.29.